The molecule has 0 spiro atoms. The molecule has 156 valence electrons. The van der Waals surface area contributed by atoms with Crippen molar-refractivity contribution >= 4 is 43.5 Å². The van der Waals surface area contributed by atoms with E-state index in [1.54, 1.807) is 0 Å². The molecule has 0 aliphatic carbocycles. The molecule has 0 saturated heterocycles. The lowest BCUT2D eigenvalue weighted by Gasteiger charge is -2.15. The third-order valence-corrected chi connectivity index (χ3v) is 6.59. The predicted molar refractivity (Wildman–Crippen MR) is 128 cm³/mol. The molecule has 0 unspecified atom stereocenters. The molecular weight excluding hydrogens is 553 g/mol. The fourth-order valence-electron chi connectivity index (χ4n) is 3.41. The Morgan fingerprint density at radius 1 is 0.581 bits per heavy atom. The van der Waals surface area contributed by atoms with E-state index >= 15 is 0 Å². The number of rotatable bonds is 3. The molecule has 0 aliphatic rings. The Kier molecular flexibility index (Phi) is 6.29. The molecule has 0 N–H and O–H groups in total. The van der Waals surface area contributed by atoms with E-state index in [1.165, 1.54) is 6.07 Å². The van der Waals surface area contributed by atoms with Gasteiger partial charge in [-0.15, -0.1) is 0 Å². The van der Waals surface area contributed by atoms with Crippen molar-refractivity contribution in [2.24, 2.45) is 0 Å². The molecule has 0 heterocycles. The second kappa shape index (κ2) is 8.81. The van der Waals surface area contributed by atoms with Crippen molar-refractivity contribution in [1.29, 1.82) is 0 Å². The summed E-state index contributed by atoms with van der Waals surface area (Å²) in [4.78, 5) is 0. The van der Waals surface area contributed by atoms with Crippen LogP contribution in [0.1, 0.15) is 5.56 Å². The maximum atomic E-state index is 13.1. The van der Waals surface area contributed by atoms with E-state index in [1.807, 2.05) is 66.7 Å². The lowest BCUT2D eigenvalue weighted by molar-refractivity contribution is -0.137. The van der Waals surface area contributed by atoms with Crippen molar-refractivity contribution in [1.82, 2.24) is 0 Å². The Morgan fingerprint density at radius 3 is 1.65 bits per heavy atom. The average Bonchev–Trinajstić information content (AvgIpc) is 2.73. The van der Waals surface area contributed by atoms with E-state index in [9.17, 15) is 13.2 Å². The Balaban J connectivity index is 1.95. The van der Waals surface area contributed by atoms with Crippen LogP contribution in [0.3, 0.4) is 0 Å². The van der Waals surface area contributed by atoms with Crippen LogP contribution in [0.5, 0.6) is 0 Å². The van der Waals surface area contributed by atoms with Crippen molar-refractivity contribution in [2.45, 2.75) is 6.18 Å². The van der Waals surface area contributed by atoms with Crippen LogP contribution >= 0.6 is 43.5 Å². The second-order valence-corrected chi connectivity index (χ2v) is 9.07. The first-order valence-corrected chi connectivity index (χ1v) is 11.2. The average molecular weight is 567 g/mol. The van der Waals surface area contributed by atoms with Gasteiger partial charge in [0.1, 0.15) is 0 Å². The highest BCUT2D eigenvalue weighted by Crippen LogP contribution is 2.40. The van der Waals surface area contributed by atoms with Crippen molar-refractivity contribution in [3.8, 4) is 33.4 Å². The molecule has 0 nitrogen and oxygen atoms in total. The summed E-state index contributed by atoms with van der Waals surface area (Å²) < 4.78 is 40.7. The molecule has 0 fully saturated rings. The van der Waals surface area contributed by atoms with Gasteiger partial charge in [-0.2, -0.15) is 13.2 Å². The molecule has 0 aromatic heterocycles. The fraction of sp³-hybridized carbons (Fsp3) is 0.0400. The molecular formula is C25H14Br2ClF3. The van der Waals surface area contributed by atoms with E-state index < -0.39 is 11.7 Å². The number of alkyl halides is 3. The van der Waals surface area contributed by atoms with Gasteiger partial charge in [-0.1, -0.05) is 85.9 Å². The number of benzene rings is 4. The van der Waals surface area contributed by atoms with E-state index in [-0.39, 0.29) is 0 Å². The van der Waals surface area contributed by atoms with E-state index in [2.05, 4.69) is 31.9 Å². The van der Waals surface area contributed by atoms with Gasteiger partial charge in [0.05, 0.1) is 5.56 Å². The Morgan fingerprint density at radius 2 is 1.10 bits per heavy atom. The van der Waals surface area contributed by atoms with Crippen LogP contribution in [0, 0.1) is 0 Å². The van der Waals surface area contributed by atoms with Gasteiger partial charge < -0.3 is 0 Å². The van der Waals surface area contributed by atoms with Gasteiger partial charge in [0.2, 0.25) is 0 Å². The third kappa shape index (κ3) is 4.74. The molecule has 0 radical (unpaired) electrons. The molecule has 0 bridgehead atoms. The van der Waals surface area contributed by atoms with Crippen LogP contribution in [0.15, 0.2) is 93.9 Å². The topological polar surface area (TPSA) is 0 Å². The molecule has 0 saturated carbocycles. The summed E-state index contributed by atoms with van der Waals surface area (Å²) in [6.07, 6.45) is -4.40. The van der Waals surface area contributed by atoms with Crippen molar-refractivity contribution < 1.29 is 13.2 Å². The number of halogens is 6. The summed E-state index contributed by atoms with van der Waals surface area (Å²) in [6, 6.07) is 24.9. The first-order valence-electron chi connectivity index (χ1n) is 9.26. The van der Waals surface area contributed by atoms with Gasteiger partial charge >= 0.3 is 6.18 Å². The van der Waals surface area contributed by atoms with Crippen LogP contribution < -0.4 is 0 Å². The largest absolute Gasteiger partial charge is 0.416 e. The smallest absolute Gasteiger partial charge is 0.166 e. The van der Waals surface area contributed by atoms with Crippen LogP contribution in [-0.2, 0) is 6.18 Å². The summed E-state index contributed by atoms with van der Waals surface area (Å²) in [7, 11) is 0. The van der Waals surface area contributed by atoms with Crippen molar-refractivity contribution in [3.05, 3.63) is 104 Å². The Bertz CT molecular complexity index is 1200. The minimum absolute atomic E-state index is 0.372. The summed E-state index contributed by atoms with van der Waals surface area (Å²) >= 11 is 13.4. The third-order valence-electron chi connectivity index (χ3n) is 4.91. The summed E-state index contributed by atoms with van der Waals surface area (Å²) in [5.41, 5.74) is 4.37. The van der Waals surface area contributed by atoms with E-state index in [0.717, 1.165) is 44.4 Å². The minimum atomic E-state index is -4.40. The number of hydrogen-bond acceptors (Lipinski definition) is 0. The molecule has 0 amide bonds. The second-order valence-electron chi connectivity index (χ2n) is 6.95. The first-order chi connectivity index (χ1) is 14.7. The highest BCUT2D eigenvalue weighted by atomic mass is 79.9. The number of hydrogen-bond donors (Lipinski definition) is 0. The highest BCUT2D eigenvalue weighted by molar-refractivity contribution is 9.11. The molecule has 0 aliphatic heterocycles. The van der Waals surface area contributed by atoms with Crippen molar-refractivity contribution in [2.75, 3.05) is 0 Å². The molecule has 4 aromatic carbocycles. The van der Waals surface area contributed by atoms with Crippen molar-refractivity contribution in [3.63, 3.8) is 0 Å². The van der Waals surface area contributed by atoms with Crippen LogP contribution in [0.4, 0.5) is 13.2 Å². The molecule has 6 heteroatoms. The monoisotopic (exact) mass is 564 g/mol. The minimum Gasteiger partial charge on any atom is -0.166 e. The summed E-state index contributed by atoms with van der Waals surface area (Å²) in [6.45, 7) is 0. The maximum Gasteiger partial charge on any atom is 0.416 e. The zero-order valence-corrected chi connectivity index (χ0v) is 19.8. The highest BCUT2D eigenvalue weighted by Gasteiger charge is 2.31. The molecule has 31 heavy (non-hydrogen) atoms. The van der Waals surface area contributed by atoms with Gasteiger partial charge in [-0.3, -0.25) is 0 Å². The Hall–Kier alpha value is -2.08. The zero-order chi connectivity index (χ0) is 22.2. The zero-order valence-electron chi connectivity index (χ0n) is 15.9. The lowest BCUT2D eigenvalue weighted by Crippen LogP contribution is -2.04. The summed E-state index contributed by atoms with van der Waals surface area (Å²) in [5.74, 6) is 0. The van der Waals surface area contributed by atoms with Gasteiger partial charge in [0, 0.05) is 19.5 Å². The molecule has 4 aromatic rings. The van der Waals surface area contributed by atoms with Gasteiger partial charge in [0.15, 0.2) is 0 Å². The van der Waals surface area contributed by atoms with Gasteiger partial charge in [0.25, 0.3) is 0 Å². The van der Waals surface area contributed by atoms with E-state index in [4.69, 9.17) is 11.6 Å². The van der Waals surface area contributed by atoms with Gasteiger partial charge in [-0.05, 0) is 70.3 Å². The van der Waals surface area contributed by atoms with Crippen LogP contribution in [-0.4, -0.2) is 0 Å². The van der Waals surface area contributed by atoms with E-state index in [0.29, 0.717) is 15.1 Å². The molecule has 4 rings (SSSR count). The normalized spacial score (nSPS) is 11.5. The maximum absolute atomic E-state index is 13.1. The Labute approximate surface area is 200 Å². The predicted octanol–water partition coefficient (Wildman–Crippen LogP) is 9.88. The van der Waals surface area contributed by atoms with Gasteiger partial charge in [-0.25, -0.2) is 0 Å². The molecule has 0 atom stereocenters. The first kappa shape index (κ1) is 22.1. The standard InChI is InChI=1S/C25H14Br2ClF3/c26-22-7-3-1-5-19(22)15-11-16(13-17(12-15)21-6-2-4-8-24(21)28)20-10-9-18(14-23(20)27)25(29,30)31/h1-14H. The lowest BCUT2D eigenvalue weighted by atomic mass is 9.93. The van der Waals surface area contributed by atoms with Crippen LogP contribution in [0.2, 0.25) is 5.02 Å². The quantitative estimate of drug-likeness (QED) is 0.232. The summed E-state index contributed by atoms with van der Waals surface area (Å²) in [5, 5.41) is 0.601. The SMILES string of the molecule is FC(F)(F)c1ccc(-c2cc(-c3ccccc3Cl)cc(-c3ccccc3Br)c2)c(Br)c1. The fourth-order valence-corrected chi connectivity index (χ4v) is 4.78. The van der Waals surface area contributed by atoms with Crippen LogP contribution in [0.25, 0.3) is 33.4 Å².